The van der Waals surface area contributed by atoms with Crippen LogP contribution < -0.4 is 10.1 Å². The molecule has 1 unspecified atom stereocenters. The Labute approximate surface area is 152 Å². The molecule has 0 bridgehead atoms. The third-order valence-corrected chi connectivity index (χ3v) is 4.78. The van der Waals surface area contributed by atoms with E-state index in [1.807, 2.05) is 36.4 Å². The highest BCUT2D eigenvalue weighted by Gasteiger charge is 2.14. The number of benzene rings is 2. The predicted molar refractivity (Wildman–Crippen MR) is 97.9 cm³/mol. The molecule has 2 aromatic rings. The van der Waals surface area contributed by atoms with Crippen molar-refractivity contribution in [2.45, 2.75) is 32.1 Å². The Balaban J connectivity index is 1.53. The highest BCUT2D eigenvalue weighted by atomic mass is 35.5. The van der Waals surface area contributed by atoms with E-state index in [1.165, 1.54) is 12.0 Å². The van der Waals surface area contributed by atoms with Crippen LogP contribution in [0.3, 0.4) is 0 Å². The molecule has 2 aromatic carbocycles. The van der Waals surface area contributed by atoms with Crippen molar-refractivity contribution in [1.82, 2.24) is 5.32 Å². The minimum Gasteiger partial charge on any atom is -0.489 e. The zero-order valence-corrected chi connectivity index (χ0v) is 14.9. The second-order valence-corrected chi connectivity index (χ2v) is 6.72. The van der Waals surface area contributed by atoms with Crippen LogP contribution in [0.4, 0.5) is 0 Å². The van der Waals surface area contributed by atoms with Crippen LogP contribution in [0.25, 0.3) is 0 Å². The van der Waals surface area contributed by atoms with Crippen molar-refractivity contribution in [3.8, 4) is 5.75 Å². The van der Waals surface area contributed by atoms with Crippen LogP contribution >= 0.6 is 23.2 Å². The quantitative estimate of drug-likeness (QED) is 0.761. The Morgan fingerprint density at radius 2 is 1.92 bits per heavy atom. The first-order valence-electron chi connectivity index (χ1n) is 8.19. The van der Waals surface area contributed by atoms with Gasteiger partial charge in [-0.05, 0) is 42.7 Å². The molecule has 128 valence electrons. The van der Waals surface area contributed by atoms with E-state index in [9.17, 15) is 0 Å². The van der Waals surface area contributed by atoms with Crippen LogP contribution in [0.15, 0.2) is 42.5 Å². The second-order valence-electron chi connectivity index (χ2n) is 5.90. The molecule has 1 saturated heterocycles. The van der Waals surface area contributed by atoms with Crippen LogP contribution in [0, 0.1) is 0 Å². The molecule has 0 saturated carbocycles. The molecule has 1 fully saturated rings. The maximum Gasteiger partial charge on any atom is 0.120 e. The maximum atomic E-state index is 6.17. The summed E-state index contributed by atoms with van der Waals surface area (Å²) in [5.41, 5.74) is 1.98. The Morgan fingerprint density at radius 3 is 2.67 bits per heavy atom. The van der Waals surface area contributed by atoms with Crippen molar-refractivity contribution in [2.24, 2.45) is 0 Å². The van der Waals surface area contributed by atoms with Gasteiger partial charge in [0, 0.05) is 35.3 Å². The van der Waals surface area contributed by atoms with E-state index in [2.05, 4.69) is 11.4 Å². The van der Waals surface area contributed by atoms with Gasteiger partial charge in [-0.25, -0.2) is 0 Å². The van der Waals surface area contributed by atoms with Crippen molar-refractivity contribution in [2.75, 3.05) is 13.2 Å². The highest BCUT2D eigenvalue weighted by Crippen LogP contribution is 2.26. The van der Waals surface area contributed by atoms with Crippen LogP contribution in [0.2, 0.25) is 10.0 Å². The molecular weight excluding hydrogens is 345 g/mol. The topological polar surface area (TPSA) is 30.5 Å². The molecule has 1 atom stereocenters. The Hall–Kier alpha value is -1.26. The average Bonchev–Trinajstić information content (AvgIpc) is 3.08. The van der Waals surface area contributed by atoms with E-state index in [4.69, 9.17) is 32.7 Å². The van der Waals surface area contributed by atoms with Gasteiger partial charge in [0.2, 0.25) is 0 Å². The largest absolute Gasteiger partial charge is 0.489 e. The first-order valence-corrected chi connectivity index (χ1v) is 8.95. The lowest BCUT2D eigenvalue weighted by Crippen LogP contribution is -2.25. The lowest BCUT2D eigenvalue weighted by molar-refractivity contribution is 0.110. The van der Waals surface area contributed by atoms with Gasteiger partial charge >= 0.3 is 0 Å². The van der Waals surface area contributed by atoms with Gasteiger partial charge in [0.15, 0.2) is 0 Å². The first kappa shape index (κ1) is 17.6. The molecular formula is C19H21Cl2NO2. The minimum atomic E-state index is 0.352. The summed E-state index contributed by atoms with van der Waals surface area (Å²) in [6.45, 7) is 2.93. The Kier molecular flexibility index (Phi) is 6.38. The lowest BCUT2D eigenvalue weighted by Gasteiger charge is -2.12. The summed E-state index contributed by atoms with van der Waals surface area (Å²) in [6, 6.07) is 13.5. The minimum absolute atomic E-state index is 0.352. The number of halogens is 2. The normalized spacial score (nSPS) is 17.2. The van der Waals surface area contributed by atoms with E-state index in [1.54, 1.807) is 0 Å². The van der Waals surface area contributed by atoms with Gasteiger partial charge in [-0.15, -0.1) is 0 Å². The molecule has 0 spiro atoms. The molecule has 24 heavy (non-hydrogen) atoms. The van der Waals surface area contributed by atoms with Crippen LogP contribution in [0.1, 0.15) is 24.0 Å². The van der Waals surface area contributed by atoms with Crippen LogP contribution in [-0.2, 0) is 17.9 Å². The van der Waals surface area contributed by atoms with Gasteiger partial charge in [-0.3, -0.25) is 0 Å². The van der Waals surface area contributed by atoms with Gasteiger partial charge in [0.05, 0.1) is 6.10 Å². The van der Waals surface area contributed by atoms with Gasteiger partial charge in [-0.2, -0.15) is 0 Å². The van der Waals surface area contributed by atoms with E-state index in [0.717, 1.165) is 37.4 Å². The predicted octanol–water partition coefficient (Wildman–Crippen LogP) is 4.84. The second kappa shape index (κ2) is 8.72. The summed E-state index contributed by atoms with van der Waals surface area (Å²) in [5, 5.41) is 4.68. The summed E-state index contributed by atoms with van der Waals surface area (Å²) >= 11 is 12.3. The molecule has 1 N–H and O–H groups in total. The Bertz CT molecular complexity index is 652. The molecule has 0 aromatic heterocycles. The average molecular weight is 366 g/mol. The van der Waals surface area contributed by atoms with Crippen LogP contribution in [-0.4, -0.2) is 19.3 Å². The molecule has 0 amide bonds. The van der Waals surface area contributed by atoms with Gasteiger partial charge in [0.1, 0.15) is 12.4 Å². The summed E-state index contributed by atoms with van der Waals surface area (Å²) in [7, 11) is 0. The molecule has 1 heterocycles. The number of ether oxygens (including phenoxy) is 2. The summed E-state index contributed by atoms with van der Waals surface area (Å²) in [5.74, 6) is 0.808. The first-order chi connectivity index (χ1) is 11.7. The smallest absolute Gasteiger partial charge is 0.120 e. The molecule has 0 aliphatic carbocycles. The number of hydrogen-bond donors (Lipinski definition) is 1. The molecule has 0 radical (unpaired) electrons. The van der Waals surface area contributed by atoms with E-state index in [0.29, 0.717) is 22.8 Å². The van der Waals surface area contributed by atoms with E-state index >= 15 is 0 Å². The van der Waals surface area contributed by atoms with Crippen molar-refractivity contribution < 1.29 is 9.47 Å². The number of nitrogens with one attached hydrogen (secondary N) is 1. The Morgan fingerprint density at radius 1 is 1.12 bits per heavy atom. The molecule has 3 nitrogen and oxygen atoms in total. The summed E-state index contributed by atoms with van der Waals surface area (Å²) < 4.78 is 11.5. The zero-order chi connectivity index (χ0) is 16.8. The number of rotatable bonds is 7. The fourth-order valence-corrected chi connectivity index (χ4v) is 3.26. The maximum absolute atomic E-state index is 6.17. The van der Waals surface area contributed by atoms with Gasteiger partial charge in [0.25, 0.3) is 0 Å². The molecule has 5 heteroatoms. The lowest BCUT2D eigenvalue weighted by atomic mass is 10.2. The standard InChI is InChI=1S/C19H21Cl2NO2/c20-18-7-2-8-19(21)17(18)13-24-15-5-1-4-14(10-15)11-22-12-16-6-3-9-23-16/h1-2,4-5,7-8,10,16,22H,3,6,9,11-13H2. The fourth-order valence-electron chi connectivity index (χ4n) is 2.75. The highest BCUT2D eigenvalue weighted by molar-refractivity contribution is 6.35. The third kappa shape index (κ3) is 4.87. The van der Waals surface area contributed by atoms with Crippen molar-refractivity contribution >= 4 is 23.2 Å². The summed E-state index contributed by atoms with van der Waals surface area (Å²) in [4.78, 5) is 0. The SMILES string of the molecule is Clc1cccc(Cl)c1COc1cccc(CNCC2CCCO2)c1. The fraction of sp³-hybridized carbons (Fsp3) is 0.368. The third-order valence-electron chi connectivity index (χ3n) is 4.07. The number of hydrogen-bond acceptors (Lipinski definition) is 3. The van der Waals surface area contributed by atoms with Crippen LogP contribution in [0.5, 0.6) is 5.75 Å². The van der Waals surface area contributed by atoms with E-state index < -0.39 is 0 Å². The van der Waals surface area contributed by atoms with Gasteiger partial charge < -0.3 is 14.8 Å². The van der Waals surface area contributed by atoms with Crippen molar-refractivity contribution in [3.05, 3.63) is 63.6 Å². The monoisotopic (exact) mass is 365 g/mol. The zero-order valence-electron chi connectivity index (χ0n) is 13.4. The van der Waals surface area contributed by atoms with Gasteiger partial charge in [-0.1, -0.05) is 41.4 Å². The molecule has 3 rings (SSSR count). The molecule has 1 aliphatic heterocycles. The summed E-state index contributed by atoms with van der Waals surface area (Å²) in [6.07, 6.45) is 2.67. The molecule has 1 aliphatic rings. The van der Waals surface area contributed by atoms with E-state index in [-0.39, 0.29) is 0 Å². The van der Waals surface area contributed by atoms with Crippen molar-refractivity contribution in [3.63, 3.8) is 0 Å². The van der Waals surface area contributed by atoms with Crippen molar-refractivity contribution in [1.29, 1.82) is 0 Å².